The molecule has 1 amide bonds. The van der Waals surface area contributed by atoms with Crippen LogP contribution in [0.4, 0.5) is 11.4 Å². The van der Waals surface area contributed by atoms with Gasteiger partial charge in [0.1, 0.15) is 0 Å². The van der Waals surface area contributed by atoms with E-state index >= 15 is 0 Å². The van der Waals surface area contributed by atoms with Crippen molar-refractivity contribution in [2.45, 2.75) is 20.8 Å². The van der Waals surface area contributed by atoms with E-state index < -0.39 is 0 Å². The number of rotatable bonds is 5. The van der Waals surface area contributed by atoms with Crippen LogP contribution in [0.15, 0.2) is 12.1 Å². The largest absolute Gasteiger partial charge is 0.397 e. The van der Waals surface area contributed by atoms with Gasteiger partial charge in [-0.05, 0) is 25.0 Å². The predicted molar refractivity (Wildman–Crippen MR) is 89.9 cm³/mol. The lowest BCUT2D eigenvalue weighted by Gasteiger charge is -2.21. The highest BCUT2D eigenvalue weighted by atomic mass is 32.1. The molecular weight excluding hydrogens is 284 g/mol. The van der Waals surface area contributed by atoms with E-state index in [9.17, 15) is 4.79 Å². The Morgan fingerprint density at radius 3 is 2.86 bits per heavy atom. The van der Waals surface area contributed by atoms with Crippen LogP contribution in [0.2, 0.25) is 0 Å². The molecule has 0 aliphatic heterocycles. The van der Waals surface area contributed by atoms with Gasteiger partial charge in [-0.15, -0.1) is 11.3 Å². The molecule has 0 fully saturated rings. The SMILES string of the molecule is Cc1nc2cc(N(C)CC(=O)NCC(C)C)c(N)cc2s1. The van der Waals surface area contributed by atoms with Crippen LogP contribution in [0.25, 0.3) is 10.2 Å². The summed E-state index contributed by atoms with van der Waals surface area (Å²) in [7, 11) is 1.87. The number of nitrogens with zero attached hydrogens (tertiary/aromatic N) is 2. The molecule has 0 aliphatic rings. The molecule has 1 aromatic heterocycles. The highest BCUT2D eigenvalue weighted by Gasteiger charge is 2.13. The maximum Gasteiger partial charge on any atom is 0.239 e. The number of likely N-dealkylation sites (N-methyl/N-ethyl adjacent to an activating group) is 1. The Bertz CT molecular complexity index is 650. The zero-order valence-electron chi connectivity index (χ0n) is 12.9. The average Bonchev–Trinajstić information content (AvgIpc) is 2.74. The van der Waals surface area contributed by atoms with Gasteiger partial charge in [-0.1, -0.05) is 13.8 Å². The van der Waals surface area contributed by atoms with Gasteiger partial charge in [0.05, 0.1) is 33.1 Å². The van der Waals surface area contributed by atoms with Crippen molar-refractivity contribution in [1.29, 1.82) is 0 Å². The van der Waals surface area contributed by atoms with Gasteiger partial charge in [-0.2, -0.15) is 0 Å². The first-order valence-corrected chi connectivity index (χ1v) is 7.83. The number of aromatic nitrogens is 1. The van der Waals surface area contributed by atoms with Gasteiger partial charge in [0.2, 0.25) is 5.91 Å². The minimum atomic E-state index is 0.000144. The Labute approximate surface area is 129 Å². The van der Waals surface area contributed by atoms with Crippen molar-refractivity contribution in [2.24, 2.45) is 5.92 Å². The average molecular weight is 306 g/mol. The Morgan fingerprint density at radius 1 is 1.48 bits per heavy atom. The number of carbonyl (C=O) groups is 1. The summed E-state index contributed by atoms with van der Waals surface area (Å²) in [5.74, 6) is 0.443. The second-order valence-electron chi connectivity index (χ2n) is 5.67. The summed E-state index contributed by atoms with van der Waals surface area (Å²) in [5, 5.41) is 3.92. The van der Waals surface area contributed by atoms with E-state index in [1.165, 1.54) is 0 Å². The van der Waals surface area contributed by atoms with E-state index in [2.05, 4.69) is 24.1 Å². The zero-order chi connectivity index (χ0) is 15.6. The number of hydrogen-bond donors (Lipinski definition) is 2. The molecule has 0 unspecified atom stereocenters. The van der Waals surface area contributed by atoms with Crippen LogP contribution >= 0.6 is 11.3 Å². The summed E-state index contributed by atoms with van der Waals surface area (Å²) in [5.41, 5.74) is 8.54. The highest BCUT2D eigenvalue weighted by Crippen LogP contribution is 2.31. The first-order valence-electron chi connectivity index (χ1n) is 7.01. The standard InChI is InChI=1S/C15H22N4OS/c1-9(2)7-17-15(20)8-19(4)13-6-12-14(5-11(13)16)21-10(3)18-12/h5-6,9H,7-8,16H2,1-4H3,(H,17,20). The van der Waals surface area contributed by atoms with Crippen molar-refractivity contribution >= 4 is 38.8 Å². The lowest BCUT2D eigenvalue weighted by Crippen LogP contribution is -2.37. The third kappa shape index (κ3) is 3.85. The minimum absolute atomic E-state index is 0.000144. The summed E-state index contributed by atoms with van der Waals surface area (Å²) in [4.78, 5) is 18.2. The van der Waals surface area contributed by atoms with Crippen molar-refractivity contribution in [3.05, 3.63) is 17.1 Å². The number of anilines is 2. The second kappa shape index (κ2) is 6.30. The number of carbonyl (C=O) groups excluding carboxylic acids is 1. The number of aryl methyl sites for hydroxylation is 1. The Morgan fingerprint density at radius 2 is 2.19 bits per heavy atom. The topological polar surface area (TPSA) is 71.2 Å². The molecule has 2 aromatic rings. The predicted octanol–water partition coefficient (Wildman–Crippen LogP) is 2.40. The molecule has 0 spiro atoms. The summed E-state index contributed by atoms with van der Waals surface area (Å²) in [6.07, 6.45) is 0. The number of nitrogens with two attached hydrogens (primary N) is 1. The number of nitrogens with one attached hydrogen (secondary N) is 1. The fourth-order valence-corrected chi connectivity index (χ4v) is 2.96. The molecule has 5 nitrogen and oxygen atoms in total. The molecule has 0 saturated heterocycles. The number of benzene rings is 1. The first-order chi connectivity index (χ1) is 9.86. The number of nitrogen functional groups attached to an aromatic ring is 1. The smallest absolute Gasteiger partial charge is 0.239 e. The summed E-state index contributed by atoms with van der Waals surface area (Å²) in [6, 6.07) is 3.88. The van der Waals surface area contributed by atoms with Crippen molar-refractivity contribution in [3.63, 3.8) is 0 Å². The molecule has 0 saturated carbocycles. The molecule has 114 valence electrons. The van der Waals surface area contributed by atoms with E-state index in [1.807, 2.05) is 31.0 Å². The minimum Gasteiger partial charge on any atom is -0.397 e. The second-order valence-corrected chi connectivity index (χ2v) is 6.90. The van der Waals surface area contributed by atoms with E-state index in [-0.39, 0.29) is 12.5 Å². The van der Waals surface area contributed by atoms with Crippen LogP contribution in [-0.2, 0) is 4.79 Å². The normalized spacial score (nSPS) is 11.1. The third-order valence-electron chi connectivity index (χ3n) is 3.14. The van der Waals surface area contributed by atoms with Gasteiger partial charge < -0.3 is 16.0 Å². The number of amides is 1. The van der Waals surface area contributed by atoms with Crippen molar-refractivity contribution < 1.29 is 4.79 Å². The molecule has 6 heteroatoms. The lowest BCUT2D eigenvalue weighted by molar-refractivity contribution is -0.119. The molecule has 1 aromatic carbocycles. The third-order valence-corrected chi connectivity index (χ3v) is 4.08. The monoisotopic (exact) mass is 306 g/mol. The molecule has 3 N–H and O–H groups in total. The van der Waals surface area contributed by atoms with Crippen molar-refractivity contribution in [2.75, 3.05) is 30.8 Å². The summed E-state index contributed by atoms with van der Waals surface area (Å²) in [6.45, 7) is 7.09. The number of fused-ring (bicyclic) bond motifs is 1. The zero-order valence-corrected chi connectivity index (χ0v) is 13.8. The summed E-state index contributed by atoms with van der Waals surface area (Å²) >= 11 is 1.62. The maximum atomic E-state index is 11.9. The first kappa shape index (κ1) is 15.6. The van der Waals surface area contributed by atoms with Gasteiger partial charge in [0.15, 0.2) is 0 Å². The molecule has 21 heavy (non-hydrogen) atoms. The van der Waals surface area contributed by atoms with Gasteiger partial charge in [-0.3, -0.25) is 4.79 Å². The lowest BCUT2D eigenvalue weighted by atomic mass is 10.2. The van der Waals surface area contributed by atoms with Crippen LogP contribution in [0.5, 0.6) is 0 Å². The molecule has 1 heterocycles. The molecule has 0 aliphatic carbocycles. The maximum absolute atomic E-state index is 11.9. The fraction of sp³-hybridized carbons (Fsp3) is 0.467. The summed E-state index contributed by atoms with van der Waals surface area (Å²) < 4.78 is 1.08. The molecule has 2 rings (SSSR count). The van der Waals surface area contributed by atoms with Crippen LogP contribution < -0.4 is 16.0 Å². The van der Waals surface area contributed by atoms with E-state index in [0.29, 0.717) is 18.2 Å². The van der Waals surface area contributed by atoms with E-state index in [1.54, 1.807) is 11.3 Å². The van der Waals surface area contributed by atoms with E-state index in [0.717, 1.165) is 20.9 Å². The van der Waals surface area contributed by atoms with Crippen LogP contribution in [0.1, 0.15) is 18.9 Å². The highest BCUT2D eigenvalue weighted by molar-refractivity contribution is 7.18. The Kier molecular flexibility index (Phi) is 4.67. The van der Waals surface area contributed by atoms with Crippen LogP contribution in [0.3, 0.4) is 0 Å². The quantitative estimate of drug-likeness (QED) is 0.832. The van der Waals surface area contributed by atoms with Gasteiger partial charge in [0.25, 0.3) is 0 Å². The van der Waals surface area contributed by atoms with Crippen molar-refractivity contribution in [3.8, 4) is 0 Å². The van der Waals surface area contributed by atoms with Gasteiger partial charge in [0, 0.05) is 13.6 Å². The van der Waals surface area contributed by atoms with Crippen molar-refractivity contribution in [1.82, 2.24) is 10.3 Å². The number of thiazole rings is 1. The van der Waals surface area contributed by atoms with Crippen LogP contribution in [0, 0.1) is 12.8 Å². The number of hydrogen-bond acceptors (Lipinski definition) is 5. The molecular formula is C15H22N4OS. The van der Waals surface area contributed by atoms with Gasteiger partial charge in [-0.25, -0.2) is 4.98 Å². The van der Waals surface area contributed by atoms with E-state index in [4.69, 9.17) is 5.73 Å². The Balaban J connectivity index is 2.13. The molecule has 0 bridgehead atoms. The van der Waals surface area contributed by atoms with Crippen LogP contribution in [-0.4, -0.2) is 31.0 Å². The fourth-order valence-electron chi connectivity index (χ4n) is 2.10. The Hall–Kier alpha value is -1.82. The molecule has 0 atom stereocenters. The van der Waals surface area contributed by atoms with Gasteiger partial charge >= 0.3 is 0 Å². The molecule has 0 radical (unpaired) electrons.